The highest BCUT2D eigenvalue weighted by atomic mass is 127. The minimum Gasteiger partial charge on any atom is -0.310 e. The van der Waals surface area contributed by atoms with Crippen molar-refractivity contribution in [3.63, 3.8) is 0 Å². The van der Waals surface area contributed by atoms with E-state index in [0.717, 1.165) is 6.54 Å². The lowest BCUT2D eigenvalue weighted by Crippen LogP contribution is -2.30. The molecule has 1 N–H and O–H groups in total. The van der Waals surface area contributed by atoms with Crippen molar-refractivity contribution in [3.8, 4) is 0 Å². The summed E-state index contributed by atoms with van der Waals surface area (Å²) in [5.74, 6) is 0.693. The smallest absolute Gasteiger partial charge is 0.0208 e. The molecule has 1 aromatic carbocycles. The number of nitrogens with one attached hydrogen (secondary N) is 1. The average Bonchev–Trinajstić information content (AvgIpc) is 2.16. The second-order valence-electron chi connectivity index (χ2n) is 4.04. The molecule has 1 atom stereocenters. The summed E-state index contributed by atoms with van der Waals surface area (Å²) in [5, 5.41) is 3.52. The molecule has 1 rings (SSSR count). The first-order valence-corrected chi connectivity index (χ1v) is 6.15. The van der Waals surface area contributed by atoms with Crippen LogP contribution in [0.25, 0.3) is 0 Å². The van der Waals surface area contributed by atoms with E-state index in [1.54, 1.807) is 0 Å². The third-order valence-corrected chi connectivity index (χ3v) is 3.26. The topological polar surface area (TPSA) is 12.0 Å². The third-order valence-electron chi connectivity index (χ3n) is 2.54. The van der Waals surface area contributed by atoms with Gasteiger partial charge in [0.1, 0.15) is 0 Å². The Balaban J connectivity index is 2.42. The number of benzene rings is 1. The SMILES string of the molecule is CC(C)C(C)NCc1ccc(I)cc1. The van der Waals surface area contributed by atoms with Crippen molar-refractivity contribution in [3.05, 3.63) is 33.4 Å². The van der Waals surface area contributed by atoms with Crippen LogP contribution in [0.2, 0.25) is 0 Å². The van der Waals surface area contributed by atoms with Crippen molar-refractivity contribution in [2.75, 3.05) is 0 Å². The van der Waals surface area contributed by atoms with E-state index in [9.17, 15) is 0 Å². The molecule has 1 nitrogen and oxygen atoms in total. The first-order valence-electron chi connectivity index (χ1n) is 5.07. The third kappa shape index (κ3) is 3.96. The highest BCUT2D eigenvalue weighted by Gasteiger charge is 2.05. The fourth-order valence-electron chi connectivity index (χ4n) is 1.12. The number of hydrogen-bond acceptors (Lipinski definition) is 1. The van der Waals surface area contributed by atoms with Gasteiger partial charge in [-0.2, -0.15) is 0 Å². The van der Waals surface area contributed by atoms with Crippen LogP contribution in [0.4, 0.5) is 0 Å². The molecule has 1 unspecified atom stereocenters. The molecule has 14 heavy (non-hydrogen) atoms. The maximum Gasteiger partial charge on any atom is 0.0208 e. The lowest BCUT2D eigenvalue weighted by Gasteiger charge is -2.17. The Morgan fingerprint density at radius 3 is 2.21 bits per heavy atom. The Hall–Kier alpha value is -0.0900. The summed E-state index contributed by atoms with van der Waals surface area (Å²) < 4.78 is 1.29. The lowest BCUT2D eigenvalue weighted by atomic mass is 10.1. The van der Waals surface area contributed by atoms with Crippen molar-refractivity contribution < 1.29 is 0 Å². The largest absolute Gasteiger partial charge is 0.310 e. The minimum atomic E-state index is 0.578. The molecule has 1 aromatic rings. The molecule has 0 aliphatic rings. The van der Waals surface area contributed by atoms with E-state index in [2.05, 4.69) is 72.9 Å². The Labute approximate surface area is 100 Å². The Morgan fingerprint density at radius 2 is 1.71 bits per heavy atom. The Morgan fingerprint density at radius 1 is 1.14 bits per heavy atom. The summed E-state index contributed by atoms with van der Waals surface area (Å²) >= 11 is 2.33. The maximum atomic E-state index is 3.52. The summed E-state index contributed by atoms with van der Waals surface area (Å²) in [5.41, 5.74) is 1.36. The monoisotopic (exact) mass is 303 g/mol. The van der Waals surface area contributed by atoms with E-state index in [4.69, 9.17) is 0 Å². The molecule has 0 radical (unpaired) electrons. The van der Waals surface area contributed by atoms with Gasteiger partial charge in [0, 0.05) is 16.2 Å². The Bertz CT molecular complexity index is 266. The highest BCUT2D eigenvalue weighted by molar-refractivity contribution is 14.1. The molecule has 0 aliphatic heterocycles. The molecule has 0 heterocycles. The molecule has 2 heteroatoms. The van der Waals surface area contributed by atoms with Crippen LogP contribution >= 0.6 is 22.6 Å². The highest BCUT2D eigenvalue weighted by Crippen LogP contribution is 2.07. The van der Waals surface area contributed by atoms with Gasteiger partial charge in [-0.05, 0) is 53.1 Å². The predicted molar refractivity (Wildman–Crippen MR) is 70.3 cm³/mol. The summed E-state index contributed by atoms with van der Waals surface area (Å²) in [4.78, 5) is 0. The first kappa shape index (κ1) is 12.0. The predicted octanol–water partition coefficient (Wildman–Crippen LogP) is 3.43. The number of rotatable bonds is 4. The number of hydrogen-bond donors (Lipinski definition) is 1. The van der Waals surface area contributed by atoms with Crippen LogP contribution < -0.4 is 5.32 Å². The lowest BCUT2D eigenvalue weighted by molar-refractivity contribution is 0.426. The van der Waals surface area contributed by atoms with Crippen molar-refractivity contribution >= 4 is 22.6 Å². The van der Waals surface area contributed by atoms with Crippen LogP contribution in [-0.2, 0) is 6.54 Å². The zero-order valence-electron chi connectivity index (χ0n) is 9.05. The molecule has 0 fully saturated rings. The number of halogens is 1. The quantitative estimate of drug-likeness (QED) is 0.840. The van der Waals surface area contributed by atoms with Crippen LogP contribution in [0.1, 0.15) is 26.3 Å². The van der Waals surface area contributed by atoms with Crippen LogP contribution in [-0.4, -0.2) is 6.04 Å². The minimum absolute atomic E-state index is 0.578. The second kappa shape index (κ2) is 5.71. The molecule has 0 saturated carbocycles. The van der Waals surface area contributed by atoms with Crippen molar-refractivity contribution in [1.82, 2.24) is 5.32 Å². The van der Waals surface area contributed by atoms with E-state index < -0.39 is 0 Å². The average molecular weight is 303 g/mol. The van der Waals surface area contributed by atoms with Gasteiger partial charge in [-0.1, -0.05) is 26.0 Å². The van der Waals surface area contributed by atoms with Gasteiger partial charge >= 0.3 is 0 Å². The van der Waals surface area contributed by atoms with Crippen LogP contribution in [0.15, 0.2) is 24.3 Å². The van der Waals surface area contributed by atoms with E-state index in [-0.39, 0.29) is 0 Å². The molecule has 0 bridgehead atoms. The summed E-state index contributed by atoms with van der Waals surface area (Å²) in [6.07, 6.45) is 0. The van der Waals surface area contributed by atoms with Gasteiger partial charge in [0.25, 0.3) is 0 Å². The van der Waals surface area contributed by atoms with Gasteiger partial charge in [0.15, 0.2) is 0 Å². The van der Waals surface area contributed by atoms with Gasteiger partial charge in [0.05, 0.1) is 0 Å². The Kier molecular flexibility index (Phi) is 4.89. The van der Waals surface area contributed by atoms with Crippen molar-refractivity contribution in [2.24, 2.45) is 5.92 Å². The van der Waals surface area contributed by atoms with E-state index in [1.165, 1.54) is 9.13 Å². The van der Waals surface area contributed by atoms with E-state index in [0.29, 0.717) is 12.0 Å². The maximum absolute atomic E-state index is 3.52. The molecule has 78 valence electrons. The summed E-state index contributed by atoms with van der Waals surface area (Å²) in [7, 11) is 0. The van der Waals surface area contributed by atoms with E-state index >= 15 is 0 Å². The van der Waals surface area contributed by atoms with Gasteiger partial charge < -0.3 is 5.32 Å². The first-order chi connectivity index (χ1) is 6.59. The summed E-state index contributed by atoms with van der Waals surface area (Å²) in [6.45, 7) is 7.69. The van der Waals surface area contributed by atoms with Crippen LogP contribution in [0.5, 0.6) is 0 Å². The second-order valence-corrected chi connectivity index (χ2v) is 5.29. The van der Waals surface area contributed by atoms with Gasteiger partial charge in [0.2, 0.25) is 0 Å². The van der Waals surface area contributed by atoms with Gasteiger partial charge in [-0.15, -0.1) is 0 Å². The molecular formula is C12H18IN. The fraction of sp³-hybridized carbons (Fsp3) is 0.500. The summed E-state index contributed by atoms with van der Waals surface area (Å²) in [6, 6.07) is 9.24. The van der Waals surface area contributed by atoms with Crippen LogP contribution in [0, 0.1) is 9.49 Å². The standard InChI is InChI=1S/C12H18IN/c1-9(2)10(3)14-8-11-4-6-12(13)7-5-11/h4-7,9-10,14H,8H2,1-3H3. The zero-order valence-corrected chi connectivity index (χ0v) is 11.2. The molecule has 0 spiro atoms. The molecule has 0 aromatic heterocycles. The normalized spacial score (nSPS) is 13.2. The van der Waals surface area contributed by atoms with Crippen LogP contribution in [0.3, 0.4) is 0 Å². The van der Waals surface area contributed by atoms with Crippen molar-refractivity contribution in [1.29, 1.82) is 0 Å². The molecular weight excluding hydrogens is 285 g/mol. The fourth-order valence-corrected chi connectivity index (χ4v) is 1.48. The van der Waals surface area contributed by atoms with Crippen molar-refractivity contribution in [2.45, 2.75) is 33.4 Å². The van der Waals surface area contributed by atoms with Gasteiger partial charge in [-0.3, -0.25) is 0 Å². The van der Waals surface area contributed by atoms with E-state index in [1.807, 2.05) is 0 Å². The zero-order chi connectivity index (χ0) is 10.6. The molecule has 0 saturated heterocycles. The molecule has 0 aliphatic carbocycles. The molecule has 0 amide bonds. The van der Waals surface area contributed by atoms with Gasteiger partial charge in [-0.25, -0.2) is 0 Å².